The van der Waals surface area contributed by atoms with E-state index in [9.17, 15) is 10.1 Å². The summed E-state index contributed by atoms with van der Waals surface area (Å²) in [6.45, 7) is 3.95. The zero-order valence-corrected chi connectivity index (χ0v) is 13.6. The molecule has 0 atom stereocenters. The van der Waals surface area contributed by atoms with Gasteiger partial charge >= 0.3 is 0 Å². The third-order valence-corrected chi connectivity index (χ3v) is 3.49. The zero-order valence-electron chi connectivity index (χ0n) is 13.6. The Morgan fingerprint density at radius 3 is 2.57 bits per heavy atom. The van der Waals surface area contributed by atoms with Crippen LogP contribution < -0.4 is 4.90 Å². The maximum Gasteiger partial charge on any atom is 0.290 e. The minimum atomic E-state index is -0.408. The van der Waals surface area contributed by atoms with Crippen LogP contribution in [0.1, 0.15) is 11.3 Å². The largest absolute Gasteiger partial charge is 0.349 e. The number of nitro groups is 1. The Kier molecular flexibility index (Phi) is 5.59. The molecule has 0 unspecified atom stereocenters. The van der Waals surface area contributed by atoms with Crippen molar-refractivity contribution in [3.05, 3.63) is 58.0 Å². The van der Waals surface area contributed by atoms with Crippen molar-refractivity contribution >= 4 is 11.5 Å². The zero-order chi connectivity index (χ0) is 16.8. The Balaban J connectivity index is 2.25. The first-order chi connectivity index (χ1) is 11.0. The fourth-order valence-corrected chi connectivity index (χ4v) is 2.18. The Hall–Kier alpha value is -2.54. The fourth-order valence-electron chi connectivity index (χ4n) is 2.18. The molecule has 0 N–H and O–H groups in total. The minimum Gasteiger partial charge on any atom is -0.349 e. The summed E-state index contributed by atoms with van der Waals surface area (Å²) in [4.78, 5) is 23.3. The van der Waals surface area contributed by atoms with Gasteiger partial charge in [0.1, 0.15) is 12.0 Å². The fraction of sp³-hybridized carbons (Fsp3) is 0.375. The van der Waals surface area contributed by atoms with Crippen molar-refractivity contribution in [1.82, 2.24) is 14.9 Å². The highest BCUT2D eigenvalue weighted by Crippen LogP contribution is 2.22. The van der Waals surface area contributed by atoms with Crippen molar-refractivity contribution in [1.29, 1.82) is 0 Å². The lowest BCUT2D eigenvalue weighted by molar-refractivity contribution is -0.385. The number of aryl methyl sites for hydroxylation is 1. The molecule has 7 nitrogen and oxygen atoms in total. The molecule has 2 aromatic rings. The topological polar surface area (TPSA) is 75.4 Å². The molecule has 0 amide bonds. The van der Waals surface area contributed by atoms with Gasteiger partial charge in [0.2, 0.25) is 0 Å². The predicted molar refractivity (Wildman–Crippen MR) is 89.5 cm³/mol. The van der Waals surface area contributed by atoms with Crippen molar-refractivity contribution in [2.45, 2.75) is 13.5 Å². The van der Waals surface area contributed by atoms with E-state index in [0.29, 0.717) is 12.1 Å². The summed E-state index contributed by atoms with van der Waals surface area (Å²) >= 11 is 0. The summed E-state index contributed by atoms with van der Waals surface area (Å²) in [5, 5.41) is 10.9. The van der Waals surface area contributed by atoms with E-state index in [2.05, 4.69) is 19.8 Å². The van der Waals surface area contributed by atoms with Crippen LogP contribution in [0, 0.1) is 17.0 Å². The normalized spacial score (nSPS) is 10.8. The van der Waals surface area contributed by atoms with Crippen LogP contribution in [0.5, 0.6) is 0 Å². The molecule has 0 aliphatic rings. The molecule has 0 aromatic carbocycles. The molecule has 0 bridgehead atoms. The van der Waals surface area contributed by atoms with Crippen molar-refractivity contribution in [3.8, 4) is 0 Å². The van der Waals surface area contributed by atoms with Crippen LogP contribution in [0.2, 0.25) is 0 Å². The van der Waals surface area contributed by atoms with E-state index in [1.165, 1.54) is 6.20 Å². The number of aromatic nitrogens is 2. The number of pyridine rings is 2. The second-order valence-corrected chi connectivity index (χ2v) is 5.63. The highest BCUT2D eigenvalue weighted by atomic mass is 16.6. The first-order valence-corrected chi connectivity index (χ1v) is 7.38. The number of rotatable bonds is 7. The number of anilines is 1. The van der Waals surface area contributed by atoms with Gasteiger partial charge in [-0.05, 0) is 39.2 Å². The summed E-state index contributed by atoms with van der Waals surface area (Å²) in [7, 11) is 4.01. The quantitative estimate of drug-likeness (QED) is 0.576. The molecule has 0 saturated carbocycles. The first kappa shape index (κ1) is 16.8. The Bertz CT molecular complexity index is 661. The van der Waals surface area contributed by atoms with E-state index in [1.807, 2.05) is 32.3 Å². The predicted octanol–water partition coefficient (Wildman–Crippen LogP) is 2.26. The molecule has 2 heterocycles. The third kappa shape index (κ3) is 4.72. The van der Waals surface area contributed by atoms with Crippen LogP contribution in [0.25, 0.3) is 0 Å². The van der Waals surface area contributed by atoms with Crippen LogP contribution >= 0.6 is 0 Å². The SMILES string of the molecule is Cc1cc(N(CCN(C)C)Cc2ccccn2)ncc1[N+](=O)[O-]. The van der Waals surface area contributed by atoms with Gasteiger partial charge in [-0.1, -0.05) is 6.07 Å². The van der Waals surface area contributed by atoms with Gasteiger partial charge < -0.3 is 9.80 Å². The Morgan fingerprint density at radius 2 is 2.00 bits per heavy atom. The van der Waals surface area contributed by atoms with E-state index in [1.54, 1.807) is 19.2 Å². The molecule has 0 radical (unpaired) electrons. The minimum absolute atomic E-state index is 0.0409. The molecule has 2 aromatic heterocycles. The van der Waals surface area contributed by atoms with Gasteiger partial charge in [-0.15, -0.1) is 0 Å². The standard InChI is InChI=1S/C16H21N5O2/c1-13-10-16(18-11-15(13)21(22)23)20(9-8-19(2)3)12-14-6-4-5-7-17-14/h4-7,10-11H,8-9,12H2,1-3H3. The number of likely N-dealkylation sites (N-methyl/N-ethyl adjacent to an activating group) is 1. The van der Waals surface area contributed by atoms with Crippen LogP contribution in [0.15, 0.2) is 36.7 Å². The van der Waals surface area contributed by atoms with Crippen LogP contribution in [0.4, 0.5) is 11.5 Å². The molecule has 23 heavy (non-hydrogen) atoms. The van der Waals surface area contributed by atoms with E-state index in [0.717, 1.165) is 24.6 Å². The summed E-state index contributed by atoms with van der Waals surface area (Å²) in [5.74, 6) is 0.723. The second kappa shape index (κ2) is 7.64. The first-order valence-electron chi connectivity index (χ1n) is 7.38. The highest BCUT2D eigenvalue weighted by molar-refractivity contribution is 5.48. The number of hydrogen-bond acceptors (Lipinski definition) is 6. The molecule has 0 saturated heterocycles. The van der Waals surface area contributed by atoms with Crippen LogP contribution in [-0.2, 0) is 6.54 Å². The van der Waals surface area contributed by atoms with E-state index in [-0.39, 0.29) is 5.69 Å². The molecular weight excluding hydrogens is 294 g/mol. The van der Waals surface area contributed by atoms with Gasteiger partial charge in [0.25, 0.3) is 5.69 Å². The maximum atomic E-state index is 10.9. The monoisotopic (exact) mass is 315 g/mol. The van der Waals surface area contributed by atoms with Gasteiger partial charge in [0.05, 0.1) is 17.2 Å². The van der Waals surface area contributed by atoms with Gasteiger partial charge in [-0.3, -0.25) is 15.1 Å². The number of hydrogen-bond donors (Lipinski definition) is 0. The summed E-state index contributed by atoms with van der Waals surface area (Å²) in [5.41, 5.74) is 1.58. The third-order valence-electron chi connectivity index (χ3n) is 3.49. The van der Waals surface area contributed by atoms with Gasteiger partial charge in [0, 0.05) is 24.8 Å². The lowest BCUT2D eigenvalue weighted by Gasteiger charge is -2.25. The summed E-state index contributed by atoms with van der Waals surface area (Å²) in [6, 6.07) is 7.54. The second-order valence-electron chi connectivity index (χ2n) is 5.63. The van der Waals surface area contributed by atoms with Crippen LogP contribution in [-0.4, -0.2) is 47.0 Å². The van der Waals surface area contributed by atoms with Crippen molar-refractivity contribution in [2.24, 2.45) is 0 Å². The van der Waals surface area contributed by atoms with Gasteiger partial charge in [-0.25, -0.2) is 4.98 Å². The average Bonchev–Trinajstić information content (AvgIpc) is 2.51. The molecule has 2 rings (SSSR count). The summed E-state index contributed by atoms with van der Waals surface area (Å²) < 4.78 is 0. The molecule has 0 aliphatic carbocycles. The lowest BCUT2D eigenvalue weighted by atomic mass is 10.2. The molecule has 0 fully saturated rings. The molecule has 122 valence electrons. The molecule has 7 heteroatoms. The maximum absolute atomic E-state index is 10.9. The van der Waals surface area contributed by atoms with E-state index < -0.39 is 4.92 Å². The molecule has 0 aliphatic heterocycles. The van der Waals surface area contributed by atoms with E-state index >= 15 is 0 Å². The average molecular weight is 315 g/mol. The summed E-state index contributed by atoms with van der Waals surface area (Å²) in [6.07, 6.45) is 3.08. The molecule has 0 spiro atoms. The van der Waals surface area contributed by atoms with Gasteiger partial charge in [-0.2, -0.15) is 0 Å². The van der Waals surface area contributed by atoms with Crippen LogP contribution in [0.3, 0.4) is 0 Å². The van der Waals surface area contributed by atoms with Crippen molar-refractivity contribution in [3.63, 3.8) is 0 Å². The van der Waals surface area contributed by atoms with Crippen molar-refractivity contribution < 1.29 is 4.92 Å². The Morgan fingerprint density at radius 1 is 1.22 bits per heavy atom. The smallest absolute Gasteiger partial charge is 0.290 e. The number of nitrogens with zero attached hydrogens (tertiary/aromatic N) is 5. The Labute approximate surface area is 135 Å². The highest BCUT2D eigenvalue weighted by Gasteiger charge is 2.16. The van der Waals surface area contributed by atoms with Crippen molar-refractivity contribution in [2.75, 3.05) is 32.1 Å². The van der Waals surface area contributed by atoms with Gasteiger partial charge in [0.15, 0.2) is 0 Å². The molecular formula is C16H21N5O2. The van der Waals surface area contributed by atoms with E-state index in [4.69, 9.17) is 0 Å². The lowest BCUT2D eigenvalue weighted by Crippen LogP contribution is -2.32.